The van der Waals surface area contributed by atoms with Gasteiger partial charge in [0.1, 0.15) is 0 Å². The molecule has 2 aliphatic rings. The van der Waals surface area contributed by atoms with Gasteiger partial charge in [-0.15, -0.1) is 11.6 Å². The Morgan fingerprint density at radius 2 is 2.11 bits per heavy atom. The summed E-state index contributed by atoms with van der Waals surface area (Å²) in [5, 5.41) is 0.0899. The molecule has 1 aliphatic carbocycles. The van der Waals surface area contributed by atoms with Crippen LogP contribution in [0.2, 0.25) is 0 Å². The second kappa shape index (κ2) is 5.16. The molecule has 1 heterocycles. The third-order valence-corrected chi connectivity index (χ3v) is 5.07. The van der Waals surface area contributed by atoms with Crippen molar-refractivity contribution in [2.24, 2.45) is 5.92 Å². The Kier molecular flexibility index (Phi) is 3.53. The number of aryl methyl sites for hydroxylation is 2. The molecule has 1 aromatic rings. The standard InChI is InChI=1S/C16H20ClNO/c1-11-7-8-18(10-15(11)17)16(19)14-6-5-12-3-2-4-13(12)9-14/h5-6,9,11,15H,2-4,7-8,10H2,1H3. The minimum absolute atomic E-state index is 0.0899. The highest BCUT2D eigenvalue weighted by atomic mass is 35.5. The lowest BCUT2D eigenvalue weighted by molar-refractivity contribution is 0.0701. The van der Waals surface area contributed by atoms with Crippen LogP contribution in [-0.4, -0.2) is 29.3 Å². The lowest BCUT2D eigenvalue weighted by Gasteiger charge is -2.34. The van der Waals surface area contributed by atoms with E-state index >= 15 is 0 Å². The highest BCUT2D eigenvalue weighted by Gasteiger charge is 2.28. The van der Waals surface area contributed by atoms with E-state index in [-0.39, 0.29) is 11.3 Å². The second-order valence-electron chi connectivity index (χ2n) is 5.87. The van der Waals surface area contributed by atoms with Crippen molar-refractivity contribution in [1.29, 1.82) is 0 Å². The minimum Gasteiger partial charge on any atom is -0.337 e. The maximum atomic E-state index is 12.5. The van der Waals surface area contributed by atoms with Crippen LogP contribution in [0.15, 0.2) is 18.2 Å². The highest BCUT2D eigenvalue weighted by Crippen LogP contribution is 2.26. The molecule has 19 heavy (non-hydrogen) atoms. The van der Waals surface area contributed by atoms with Crippen molar-refractivity contribution >= 4 is 17.5 Å². The Labute approximate surface area is 119 Å². The number of piperidine rings is 1. The highest BCUT2D eigenvalue weighted by molar-refractivity contribution is 6.21. The number of hydrogen-bond donors (Lipinski definition) is 0. The first-order chi connectivity index (χ1) is 9.15. The lowest BCUT2D eigenvalue weighted by atomic mass is 9.97. The molecule has 0 spiro atoms. The van der Waals surface area contributed by atoms with Crippen LogP contribution in [0, 0.1) is 5.92 Å². The summed E-state index contributed by atoms with van der Waals surface area (Å²) in [6, 6.07) is 6.19. The van der Waals surface area contributed by atoms with Crippen LogP contribution >= 0.6 is 11.6 Å². The number of benzene rings is 1. The molecule has 102 valence electrons. The van der Waals surface area contributed by atoms with Gasteiger partial charge >= 0.3 is 0 Å². The number of carbonyl (C=O) groups excluding carboxylic acids is 1. The zero-order valence-electron chi connectivity index (χ0n) is 11.4. The fraction of sp³-hybridized carbons (Fsp3) is 0.562. The number of fused-ring (bicyclic) bond motifs is 1. The Morgan fingerprint density at radius 1 is 1.32 bits per heavy atom. The summed E-state index contributed by atoms with van der Waals surface area (Å²) in [5.41, 5.74) is 3.61. The maximum absolute atomic E-state index is 12.5. The molecule has 0 radical (unpaired) electrons. The average Bonchev–Trinajstić information content (AvgIpc) is 2.88. The van der Waals surface area contributed by atoms with Crippen molar-refractivity contribution in [3.63, 3.8) is 0 Å². The van der Waals surface area contributed by atoms with Crippen molar-refractivity contribution < 1.29 is 4.79 Å². The van der Waals surface area contributed by atoms with E-state index in [1.807, 2.05) is 11.0 Å². The molecule has 1 fully saturated rings. The van der Waals surface area contributed by atoms with Gasteiger partial charge < -0.3 is 4.90 Å². The normalized spacial score (nSPS) is 26.3. The van der Waals surface area contributed by atoms with Crippen LogP contribution in [0.3, 0.4) is 0 Å². The minimum atomic E-state index is 0.0899. The van der Waals surface area contributed by atoms with Gasteiger partial charge in [0.2, 0.25) is 0 Å². The van der Waals surface area contributed by atoms with E-state index in [1.54, 1.807) is 0 Å². The van der Waals surface area contributed by atoms with Crippen molar-refractivity contribution in [3.8, 4) is 0 Å². The van der Waals surface area contributed by atoms with Crippen molar-refractivity contribution in [3.05, 3.63) is 34.9 Å². The molecule has 1 aliphatic heterocycles. The van der Waals surface area contributed by atoms with Crippen LogP contribution in [0.5, 0.6) is 0 Å². The number of rotatable bonds is 1. The van der Waals surface area contributed by atoms with Gasteiger partial charge in [0, 0.05) is 18.7 Å². The second-order valence-corrected chi connectivity index (χ2v) is 6.43. The Morgan fingerprint density at radius 3 is 2.89 bits per heavy atom. The molecule has 3 heteroatoms. The molecule has 2 nitrogen and oxygen atoms in total. The molecule has 3 rings (SSSR count). The predicted molar refractivity (Wildman–Crippen MR) is 77.8 cm³/mol. The summed E-state index contributed by atoms with van der Waals surface area (Å²) in [5.74, 6) is 0.651. The van der Waals surface area contributed by atoms with E-state index < -0.39 is 0 Å². The topological polar surface area (TPSA) is 20.3 Å². The largest absolute Gasteiger partial charge is 0.337 e. The zero-order valence-corrected chi connectivity index (χ0v) is 12.1. The molecular weight excluding hydrogens is 258 g/mol. The van der Waals surface area contributed by atoms with Gasteiger partial charge in [0.05, 0.1) is 5.38 Å². The lowest BCUT2D eigenvalue weighted by Crippen LogP contribution is -2.43. The monoisotopic (exact) mass is 277 g/mol. The summed E-state index contributed by atoms with van der Waals surface area (Å²) in [6.07, 6.45) is 4.50. The van der Waals surface area contributed by atoms with Crippen molar-refractivity contribution in [1.82, 2.24) is 4.90 Å². The Bertz CT molecular complexity index is 500. The number of likely N-dealkylation sites (tertiary alicyclic amines) is 1. The molecule has 0 saturated carbocycles. The van der Waals surface area contributed by atoms with Crippen LogP contribution < -0.4 is 0 Å². The number of carbonyl (C=O) groups is 1. The first-order valence-corrected chi connectivity index (χ1v) is 7.64. The van der Waals surface area contributed by atoms with Gasteiger partial charge in [-0.2, -0.15) is 0 Å². The van der Waals surface area contributed by atoms with E-state index in [4.69, 9.17) is 11.6 Å². The van der Waals surface area contributed by atoms with Crippen molar-refractivity contribution in [2.75, 3.05) is 13.1 Å². The fourth-order valence-electron chi connectivity index (χ4n) is 3.09. The summed E-state index contributed by atoms with van der Waals surface area (Å²) in [7, 11) is 0. The summed E-state index contributed by atoms with van der Waals surface area (Å²) in [6.45, 7) is 3.67. The molecular formula is C16H20ClNO. The van der Waals surface area contributed by atoms with Gasteiger partial charge in [-0.3, -0.25) is 4.79 Å². The predicted octanol–water partition coefficient (Wildman–Crippen LogP) is 3.26. The third kappa shape index (κ3) is 2.51. The molecule has 1 saturated heterocycles. The molecule has 2 unspecified atom stereocenters. The fourth-order valence-corrected chi connectivity index (χ4v) is 3.39. The Hall–Kier alpha value is -1.02. The van der Waals surface area contributed by atoms with Gasteiger partial charge in [0.15, 0.2) is 0 Å². The maximum Gasteiger partial charge on any atom is 0.253 e. The van der Waals surface area contributed by atoms with Crippen LogP contribution in [0.1, 0.15) is 41.3 Å². The van der Waals surface area contributed by atoms with E-state index in [1.165, 1.54) is 17.5 Å². The van der Waals surface area contributed by atoms with Gasteiger partial charge in [0.25, 0.3) is 5.91 Å². The quantitative estimate of drug-likeness (QED) is 0.722. The van der Waals surface area contributed by atoms with Crippen LogP contribution in [0.25, 0.3) is 0 Å². The molecule has 0 N–H and O–H groups in total. The number of amides is 1. The van der Waals surface area contributed by atoms with Gasteiger partial charge in [-0.1, -0.05) is 13.0 Å². The Balaban J connectivity index is 1.77. The first kappa shape index (κ1) is 13.0. The van der Waals surface area contributed by atoms with Crippen LogP contribution in [-0.2, 0) is 12.8 Å². The number of halogens is 1. The molecule has 2 atom stereocenters. The van der Waals surface area contributed by atoms with E-state index in [0.717, 1.165) is 31.4 Å². The SMILES string of the molecule is CC1CCN(C(=O)c2ccc3c(c2)CCC3)CC1Cl. The number of hydrogen-bond acceptors (Lipinski definition) is 1. The number of nitrogens with zero attached hydrogens (tertiary/aromatic N) is 1. The average molecular weight is 278 g/mol. The van der Waals surface area contributed by atoms with Gasteiger partial charge in [-0.05, 0) is 54.9 Å². The van der Waals surface area contributed by atoms with Crippen LogP contribution in [0.4, 0.5) is 0 Å². The third-order valence-electron chi connectivity index (χ3n) is 4.50. The molecule has 0 aromatic heterocycles. The zero-order chi connectivity index (χ0) is 13.4. The summed E-state index contributed by atoms with van der Waals surface area (Å²) >= 11 is 6.29. The van der Waals surface area contributed by atoms with E-state index in [2.05, 4.69) is 19.1 Å². The first-order valence-electron chi connectivity index (χ1n) is 7.20. The van der Waals surface area contributed by atoms with E-state index in [0.29, 0.717) is 12.5 Å². The van der Waals surface area contributed by atoms with Gasteiger partial charge in [-0.25, -0.2) is 0 Å². The summed E-state index contributed by atoms with van der Waals surface area (Å²) < 4.78 is 0. The number of alkyl halides is 1. The van der Waals surface area contributed by atoms with E-state index in [9.17, 15) is 4.79 Å². The molecule has 0 bridgehead atoms. The molecule has 1 amide bonds. The smallest absolute Gasteiger partial charge is 0.253 e. The molecule has 1 aromatic carbocycles. The van der Waals surface area contributed by atoms with Crippen molar-refractivity contribution in [2.45, 2.75) is 38.0 Å². The summed E-state index contributed by atoms with van der Waals surface area (Å²) in [4.78, 5) is 14.4.